The molecule has 37 heavy (non-hydrogen) atoms. The summed E-state index contributed by atoms with van der Waals surface area (Å²) in [5.74, 6) is -3.16. The average Bonchev–Trinajstić information content (AvgIpc) is 2.90. The molecule has 1 saturated heterocycles. The van der Waals surface area contributed by atoms with Crippen LogP contribution in [-0.4, -0.2) is 48.0 Å². The Morgan fingerprint density at radius 2 is 1.73 bits per heavy atom. The van der Waals surface area contributed by atoms with Crippen LogP contribution in [0.3, 0.4) is 0 Å². The summed E-state index contributed by atoms with van der Waals surface area (Å²) in [4.78, 5) is 36.5. The van der Waals surface area contributed by atoms with Gasteiger partial charge in [0.2, 0.25) is 0 Å². The third-order valence-corrected chi connectivity index (χ3v) is 5.88. The zero-order valence-electron chi connectivity index (χ0n) is 19.4. The fraction of sp³-hybridized carbons (Fsp3) is 0.154. The average molecular weight is 506 g/mol. The second kappa shape index (κ2) is 10.2. The zero-order chi connectivity index (χ0) is 25.9. The molecule has 4 aromatic rings. The number of hydrogen-bond donors (Lipinski definition) is 3. The van der Waals surface area contributed by atoms with E-state index in [1.165, 1.54) is 30.3 Å². The van der Waals surface area contributed by atoms with Crippen molar-refractivity contribution in [2.45, 2.75) is 0 Å². The molecular weight excluding hydrogens is 485 g/mol. The van der Waals surface area contributed by atoms with Crippen molar-refractivity contribution >= 4 is 40.0 Å². The SMILES string of the molecule is O=C(Nc1cccc(F)c1)Nc1ccc(F)c(C(=O)c2ccc3ncc(N4CCNCC4)nc3c2)c1F. The molecule has 0 saturated carbocycles. The van der Waals surface area contributed by atoms with Gasteiger partial charge in [-0.1, -0.05) is 6.07 Å². The Balaban J connectivity index is 1.41. The van der Waals surface area contributed by atoms with Crippen molar-refractivity contribution in [1.82, 2.24) is 15.3 Å². The lowest BCUT2D eigenvalue weighted by Gasteiger charge is -2.28. The molecule has 8 nitrogen and oxygen atoms in total. The molecule has 0 spiro atoms. The number of piperazine rings is 1. The monoisotopic (exact) mass is 506 g/mol. The number of anilines is 3. The number of ketones is 1. The molecule has 3 N–H and O–H groups in total. The Hall–Kier alpha value is -4.51. The van der Waals surface area contributed by atoms with Crippen LogP contribution in [0, 0.1) is 17.5 Å². The second-order valence-corrected chi connectivity index (χ2v) is 8.37. The molecule has 0 radical (unpaired) electrons. The molecule has 11 heteroatoms. The first-order chi connectivity index (χ1) is 17.9. The van der Waals surface area contributed by atoms with E-state index < -0.39 is 40.5 Å². The van der Waals surface area contributed by atoms with Gasteiger partial charge in [-0.05, 0) is 48.5 Å². The Morgan fingerprint density at radius 1 is 0.919 bits per heavy atom. The topological polar surface area (TPSA) is 99.2 Å². The summed E-state index contributed by atoms with van der Waals surface area (Å²) in [5.41, 5.74) is -0.159. The molecule has 5 rings (SSSR count). The van der Waals surface area contributed by atoms with Crippen molar-refractivity contribution in [2.24, 2.45) is 0 Å². The molecule has 2 heterocycles. The number of fused-ring (bicyclic) bond motifs is 1. The van der Waals surface area contributed by atoms with Crippen LogP contribution in [0.15, 0.2) is 60.8 Å². The molecule has 0 atom stereocenters. The van der Waals surface area contributed by atoms with Crippen LogP contribution in [0.2, 0.25) is 0 Å². The quantitative estimate of drug-likeness (QED) is 0.349. The van der Waals surface area contributed by atoms with Crippen molar-refractivity contribution < 1.29 is 22.8 Å². The van der Waals surface area contributed by atoms with E-state index in [1.54, 1.807) is 12.3 Å². The Labute approximate surface area is 209 Å². The molecule has 1 aliphatic heterocycles. The number of aromatic nitrogens is 2. The maximum atomic E-state index is 15.2. The molecule has 3 aromatic carbocycles. The van der Waals surface area contributed by atoms with Gasteiger partial charge in [0.25, 0.3) is 0 Å². The molecule has 0 aliphatic carbocycles. The lowest BCUT2D eigenvalue weighted by molar-refractivity contribution is 0.103. The first kappa shape index (κ1) is 24.2. The van der Waals surface area contributed by atoms with Gasteiger partial charge in [0, 0.05) is 37.4 Å². The Morgan fingerprint density at radius 3 is 2.51 bits per heavy atom. The number of halogens is 3. The Bertz CT molecular complexity index is 1510. The van der Waals surface area contributed by atoms with Crippen molar-refractivity contribution in [3.8, 4) is 0 Å². The number of carbonyl (C=O) groups excluding carboxylic acids is 2. The van der Waals surface area contributed by atoms with Gasteiger partial charge in [0.05, 0.1) is 28.5 Å². The molecule has 2 amide bonds. The second-order valence-electron chi connectivity index (χ2n) is 8.37. The highest BCUT2D eigenvalue weighted by atomic mass is 19.1. The predicted octanol–water partition coefficient (Wildman–Crippen LogP) is 4.33. The summed E-state index contributed by atoms with van der Waals surface area (Å²) in [6.07, 6.45) is 1.65. The van der Waals surface area contributed by atoms with E-state index in [0.717, 1.165) is 44.4 Å². The van der Waals surface area contributed by atoms with E-state index in [-0.39, 0.29) is 11.3 Å². The zero-order valence-corrected chi connectivity index (χ0v) is 19.4. The maximum absolute atomic E-state index is 15.2. The molecular formula is C26H21F3N6O2. The van der Waals surface area contributed by atoms with Gasteiger partial charge >= 0.3 is 6.03 Å². The van der Waals surface area contributed by atoms with Gasteiger partial charge in [-0.25, -0.2) is 22.9 Å². The number of amides is 2. The molecule has 0 unspecified atom stereocenters. The van der Waals surface area contributed by atoms with Crippen LogP contribution in [0.5, 0.6) is 0 Å². The summed E-state index contributed by atoms with van der Waals surface area (Å²) in [6, 6.07) is 10.5. The van der Waals surface area contributed by atoms with E-state index in [4.69, 9.17) is 0 Å². The van der Waals surface area contributed by atoms with Crippen LogP contribution in [0.4, 0.5) is 35.2 Å². The summed E-state index contributed by atoms with van der Waals surface area (Å²) in [7, 11) is 0. The van der Waals surface area contributed by atoms with E-state index in [2.05, 4.69) is 30.8 Å². The van der Waals surface area contributed by atoms with E-state index in [9.17, 15) is 18.4 Å². The molecule has 1 aromatic heterocycles. The smallest absolute Gasteiger partial charge is 0.323 e. The highest BCUT2D eigenvalue weighted by Gasteiger charge is 2.23. The molecule has 1 aliphatic rings. The van der Waals surface area contributed by atoms with Crippen molar-refractivity contribution in [3.63, 3.8) is 0 Å². The first-order valence-corrected chi connectivity index (χ1v) is 11.5. The van der Waals surface area contributed by atoms with Gasteiger partial charge in [0.15, 0.2) is 11.6 Å². The van der Waals surface area contributed by atoms with Crippen molar-refractivity contribution in [3.05, 3.63) is 89.4 Å². The predicted molar refractivity (Wildman–Crippen MR) is 133 cm³/mol. The number of carbonyl (C=O) groups is 2. The first-order valence-electron chi connectivity index (χ1n) is 11.5. The summed E-state index contributed by atoms with van der Waals surface area (Å²) < 4.78 is 43.2. The number of urea groups is 1. The molecule has 1 fully saturated rings. The van der Waals surface area contributed by atoms with Crippen LogP contribution in [0.1, 0.15) is 15.9 Å². The number of hydrogen-bond acceptors (Lipinski definition) is 6. The van der Waals surface area contributed by atoms with Crippen LogP contribution in [0.25, 0.3) is 11.0 Å². The van der Waals surface area contributed by atoms with Crippen molar-refractivity contribution in [2.75, 3.05) is 41.7 Å². The Kier molecular flexibility index (Phi) is 6.69. The third-order valence-electron chi connectivity index (χ3n) is 5.88. The van der Waals surface area contributed by atoms with Crippen LogP contribution in [-0.2, 0) is 0 Å². The molecule has 188 valence electrons. The lowest BCUT2D eigenvalue weighted by atomic mass is 10.0. The third kappa shape index (κ3) is 5.21. The number of nitrogens with one attached hydrogen (secondary N) is 3. The van der Waals surface area contributed by atoms with E-state index in [1.807, 2.05) is 0 Å². The largest absolute Gasteiger partial charge is 0.353 e. The summed E-state index contributed by atoms with van der Waals surface area (Å²) >= 11 is 0. The van der Waals surface area contributed by atoms with Gasteiger partial charge in [-0.3, -0.25) is 9.78 Å². The van der Waals surface area contributed by atoms with Gasteiger partial charge in [-0.15, -0.1) is 0 Å². The minimum Gasteiger partial charge on any atom is -0.353 e. The van der Waals surface area contributed by atoms with Crippen LogP contribution >= 0.6 is 0 Å². The minimum absolute atomic E-state index is 0.0124. The van der Waals surface area contributed by atoms with Gasteiger partial charge < -0.3 is 20.9 Å². The fourth-order valence-electron chi connectivity index (χ4n) is 4.04. The number of nitrogens with zero attached hydrogens (tertiary/aromatic N) is 3. The fourth-order valence-corrected chi connectivity index (χ4v) is 4.04. The van der Waals surface area contributed by atoms with E-state index >= 15 is 4.39 Å². The van der Waals surface area contributed by atoms with Gasteiger partial charge in [-0.2, -0.15) is 0 Å². The summed E-state index contributed by atoms with van der Waals surface area (Å²) in [5, 5.41) is 7.83. The highest BCUT2D eigenvalue weighted by molar-refractivity contribution is 6.11. The molecule has 0 bridgehead atoms. The van der Waals surface area contributed by atoms with Crippen molar-refractivity contribution in [1.29, 1.82) is 0 Å². The van der Waals surface area contributed by atoms with E-state index in [0.29, 0.717) is 16.9 Å². The maximum Gasteiger partial charge on any atom is 0.323 e. The van der Waals surface area contributed by atoms with Gasteiger partial charge in [0.1, 0.15) is 17.5 Å². The number of rotatable bonds is 5. The summed E-state index contributed by atoms with van der Waals surface area (Å²) in [6.45, 7) is 3.12. The lowest BCUT2D eigenvalue weighted by Crippen LogP contribution is -2.43. The highest BCUT2D eigenvalue weighted by Crippen LogP contribution is 2.26. The minimum atomic E-state index is -1.24. The van der Waals surface area contributed by atoms with Crippen LogP contribution < -0.4 is 20.9 Å². The normalized spacial score (nSPS) is 13.4. The standard InChI is InChI=1S/C26H21F3N6O2/c27-16-2-1-3-17(13-16)32-26(37)34-20-7-5-18(28)23(24(20)29)25(36)15-4-6-19-21(12-15)33-22(14-31-19)35-10-8-30-9-11-35/h1-7,12-14,30H,8-11H2,(H2,32,34,37). The number of benzene rings is 3.